The van der Waals surface area contributed by atoms with Crippen molar-refractivity contribution < 1.29 is 14.3 Å². The van der Waals surface area contributed by atoms with Gasteiger partial charge in [0.2, 0.25) is 5.91 Å². The van der Waals surface area contributed by atoms with E-state index < -0.39 is 0 Å². The Balaban J connectivity index is 1.41. The number of methoxy groups -OCH3 is 2. The average molecular weight is 382 g/mol. The number of carbonyl (C=O) groups excluding carboxylic acids is 1. The maximum atomic E-state index is 12.7. The summed E-state index contributed by atoms with van der Waals surface area (Å²) >= 11 is 0. The van der Waals surface area contributed by atoms with E-state index in [9.17, 15) is 4.79 Å². The molecule has 1 spiro atoms. The average Bonchev–Trinajstić information content (AvgIpc) is 3.23. The van der Waals surface area contributed by atoms with Gasteiger partial charge in [-0.1, -0.05) is 6.07 Å². The van der Waals surface area contributed by atoms with E-state index in [0.29, 0.717) is 24.6 Å². The number of piperidine rings is 1. The van der Waals surface area contributed by atoms with Crippen LogP contribution in [0.4, 0.5) is 0 Å². The number of amides is 1. The number of nitrogens with one attached hydrogen (secondary N) is 2. The molecule has 148 valence electrons. The Labute approximate surface area is 164 Å². The normalized spacial score (nSPS) is 18.3. The molecule has 2 N–H and O–H groups in total. The van der Waals surface area contributed by atoms with Gasteiger partial charge in [0, 0.05) is 37.8 Å². The number of nitrogens with zero attached hydrogens (tertiary/aromatic N) is 2. The minimum absolute atomic E-state index is 0.0303. The van der Waals surface area contributed by atoms with Crippen LogP contribution in [0.15, 0.2) is 30.6 Å². The first kappa shape index (κ1) is 18.6. The summed E-state index contributed by atoms with van der Waals surface area (Å²) < 4.78 is 10.6. The molecule has 1 fully saturated rings. The zero-order valence-electron chi connectivity index (χ0n) is 16.3. The number of imidazole rings is 1. The Bertz CT molecular complexity index is 882. The lowest BCUT2D eigenvalue weighted by molar-refractivity contribution is -0.127. The number of carbonyl (C=O) groups is 1. The number of aromatic amines is 1. The lowest BCUT2D eigenvalue weighted by Gasteiger charge is -2.43. The van der Waals surface area contributed by atoms with Crippen LogP contribution in [-0.2, 0) is 16.8 Å². The van der Waals surface area contributed by atoms with E-state index in [2.05, 4.69) is 15.3 Å². The largest absolute Gasteiger partial charge is 0.493 e. The van der Waals surface area contributed by atoms with Crippen molar-refractivity contribution in [2.24, 2.45) is 0 Å². The molecule has 7 nitrogen and oxygen atoms in total. The molecule has 0 saturated carbocycles. The van der Waals surface area contributed by atoms with Crippen LogP contribution >= 0.6 is 0 Å². The van der Waals surface area contributed by atoms with Gasteiger partial charge >= 0.3 is 0 Å². The van der Waals surface area contributed by atoms with Gasteiger partial charge in [-0.3, -0.25) is 4.79 Å². The fraction of sp³-hybridized carbons (Fsp3) is 0.429. The van der Waals surface area contributed by atoms with Crippen molar-refractivity contribution in [1.82, 2.24) is 20.2 Å². The molecule has 0 aliphatic carbocycles. The van der Waals surface area contributed by atoms with Gasteiger partial charge in [0.15, 0.2) is 11.5 Å². The number of ether oxygens (including phenoxy) is 2. The summed E-state index contributed by atoms with van der Waals surface area (Å²) in [6, 6.07) is 5.60. The van der Waals surface area contributed by atoms with Crippen molar-refractivity contribution in [2.75, 3.05) is 33.9 Å². The molecule has 0 unspecified atom stereocenters. The molecule has 1 aromatic carbocycles. The molecule has 1 aromatic heterocycles. The van der Waals surface area contributed by atoms with Crippen LogP contribution in [0.2, 0.25) is 0 Å². The van der Waals surface area contributed by atoms with Gasteiger partial charge in [-0.25, -0.2) is 4.98 Å². The smallest absolute Gasteiger partial charge is 0.246 e. The third-order valence-electron chi connectivity index (χ3n) is 5.76. The second kappa shape index (κ2) is 7.67. The van der Waals surface area contributed by atoms with Crippen LogP contribution in [0.5, 0.6) is 11.5 Å². The Kier molecular flexibility index (Phi) is 5.09. The summed E-state index contributed by atoms with van der Waals surface area (Å²) in [6.07, 6.45) is 7.96. The molecule has 1 amide bonds. The maximum absolute atomic E-state index is 12.7. The van der Waals surface area contributed by atoms with Crippen LogP contribution in [0.1, 0.15) is 29.8 Å². The highest BCUT2D eigenvalue weighted by molar-refractivity contribution is 5.92. The molecule has 2 aliphatic rings. The number of aromatic nitrogens is 2. The molecule has 0 bridgehead atoms. The monoisotopic (exact) mass is 382 g/mol. The van der Waals surface area contributed by atoms with Gasteiger partial charge in [0.25, 0.3) is 0 Å². The number of H-pyrrole nitrogens is 1. The van der Waals surface area contributed by atoms with Gasteiger partial charge in [0.05, 0.1) is 31.8 Å². The SMILES string of the molecule is COc1ccc(/C=C/C(=O)N2CCC3(CC2)NCCc2[nH]cnc23)cc1OC. The quantitative estimate of drug-likeness (QED) is 0.792. The van der Waals surface area contributed by atoms with E-state index in [4.69, 9.17) is 9.47 Å². The summed E-state index contributed by atoms with van der Waals surface area (Å²) in [6.45, 7) is 2.38. The molecule has 7 heteroatoms. The number of fused-ring (bicyclic) bond motifs is 2. The molecule has 4 rings (SSSR count). The van der Waals surface area contributed by atoms with E-state index in [1.54, 1.807) is 26.6 Å². The lowest BCUT2D eigenvalue weighted by atomic mass is 9.80. The minimum atomic E-state index is -0.0998. The molecule has 3 heterocycles. The fourth-order valence-corrected chi connectivity index (χ4v) is 4.19. The van der Waals surface area contributed by atoms with Gasteiger partial charge in [-0.05, 0) is 36.6 Å². The summed E-state index contributed by atoms with van der Waals surface area (Å²) in [5.41, 5.74) is 3.16. The lowest BCUT2D eigenvalue weighted by Crippen LogP contribution is -2.55. The maximum Gasteiger partial charge on any atom is 0.246 e. The Hall–Kier alpha value is -2.80. The summed E-state index contributed by atoms with van der Waals surface area (Å²) in [5.74, 6) is 1.35. The highest BCUT2D eigenvalue weighted by Crippen LogP contribution is 2.36. The van der Waals surface area contributed by atoms with Gasteiger partial charge in [-0.15, -0.1) is 0 Å². The van der Waals surface area contributed by atoms with Gasteiger partial charge in [-0.2, -0.15) is 0 Å². The number of rotatable bonds is 4. The third kappa shape index (κ3) is 3.38. The first-order chi connectivity index (χ1) is 13.6. The van der Waals surface area contributed by atoms with Crippen molar-refractivity contribution in [2.45, 2.75) is 24.8 Å². The van der Waals surface area contributed by atoms with Crippen molar-refractivity contribution in [3.8, 4) is 11.5 Å². The van der Waals surface area contributed by atoms with Crippen LogP contribution in [0, 0.1) is 0 Å². The standard InChI is InChI=1S/C21H26N4O3/c1-27-17-5-3-15(13-18(17)28-2)4-6-19(26)25-11-8-21(9-12-25)20-16(7-10-24-21)22-14-23-20/h3-6,13-14,24H,7-12H2,1-2H3,(H,22,23)/b6-4+. The molecule has 28 heavy (non-hydrogen) atoms. The molecule has 0 radical (unpaired) electrons. The zero-order chi connectivity index (χ0) is 19.6. The molecule has 2 aromatic rings. The molecule has 0 atom stereocenters. The zero-order valence-corrected chi connectivity index (χ0v) is 16.3. The van der Waals surface area contributed by atoms with Crippen LogP contribution < -0.4 is 14.8 Å². The predicted molar refractivity (Wildman–Crippen MR) is 106 cm³/mol. The molecular formula is C21H26N4O3. The molecular weight excluding hydrogens is 356 g/mol. The van der Waals surface area contributed by atoms with E-state index in [1.807, 2.05) is 29.2 Å². The Morgan fingerprint density at radius 1 is 1.21 bits per heavy atom. The highest BCUT2D eigenvalue weighted by atomic mass is 16.5. The van der Waals surface area contributed by atoms with Crippen LogP contribution in [0.3, 0.4) is 0 Å². The highest BCUT2D eigenvalue weighted by Gasteiger charge is 2.41. The predicted octanol–water partition coefficient (Wildman–Crippen LogP) is 2.10. The Morgan fingerprint density at radius 2 is 2.00 bits per heavy atom. The Morgan fingerprint density at radius 3 is 2.75 bits per heavy atom. The van der Waals surface area contributed by atoms with E-state index in [0.717, 1.165) is 37.1 Å². The topological polar surface area (TPSA) is 79.5 Å². The summed E-state index contributed by atoms with van der Waals surface area (Å²) in [7, 11) is 3.21. The summed E-state index contributed by atoms with van der Waals surface area (Å²) in [4.78, 5) is 22.4. The van der Waals surface area contributed by atoms with Crippen molar-refractivity contribution in [1.29, 1.82) is 0 Å². The van der Waals surface area contributed by atoms with E-state index in [1.165, 1.54) is 5.69 Å². The van der Waals surface area contributed by atoms with Crippen LogP contribution in [-0.4, -0.2) is 54.6 Å². The van der Waals surface area contributed by atoms with Crippen LogP contribution in [0.25, 0.3) is 6.08 Å². The number of hydrogen-bond acceptors (Lipinski definition) is 5. The minimum Gasteiger partial charge on any atom is -0.493 e. The van der Waals surface area contributed by atoms with E-state index >= 15 is 0 Å². The van der Waals surface area contributed by atoms with Gasteiger partial charge in [0.1, 0.15) is 0 Å². The second-order valence-corrected chi connectivity index (χ2v) is 7.26. The van der Waals surface area contributed by atoms with Gasteiger partial charge < -0.3 is 24.7 Å². The third-order valence-corrected chi connectivity index (χ3v) is 5.76. The second-order valence-electron chi connectivity index (χ2n) is 7.26. The fourth-order valence-electron chi connectivity index (χ4n) is 4.19. The van der Waals surface area contributed by atoms with E-state index in [-0.39, 0.29) is 11.4 Å². The first-order valence-corrected chi connectivity index (χ1v) is 9.62. The summed E-state index contributed by atoms with van der Waals surface area (Å²) in [5, 5.41) is 3.65. The molecule has 2 aliphatic heterocycles. The molecule has 1 saturated heterocycles. The van der Waals surface area contributed by atoms with Crippen molar-refractivity contribution in [3.05, 3.63) is 47.6 Å². The first-order valence-electron chi connectivity index (χ1n) is 9.62. The van der Waals surface area contributed by atoms with Crippen molar-refractivity contribution in [3.63, 3.8) is 0 Å². The number of hydrogen-bond donors (Lipinski definition) is 2. The van der Waals surface area contributed by atoms with Crippen molar-refractivity contribution >= 4 is 12.0 Å². The number of benzene rings is 1. The number of likely N-dealkylation sites (tertiary alicyclic amines) is 1.